The second-order valence-corrected chi connectivity index (χ2v) is 6.65. The lowest BCUT2D eigenvalue weighted by Gasteiger charge is -2.13. The number of carbonyl (C=O) groups is 2. The van der Waals surface area contributed by atoms with Gasteiger partial charge in [-0.15, -0.1) is 11.3 Å². The van der Waals surface area contributed by atoms with Gasteiger partial charge in [0.05, 0.1) is 10.7 Å². The van der Waals surface area contributed by atoms with Crippen LogP contribution in [0.4, 0.5) is 0 Å². The molecule has 0 fully saturated rings. The highest BCUT2D eigenvalue weighted by Crippen LogP contribution is 2.39. The van der Waals surface area contributed by atoms with Crippen LogP contribution < -0.4 is 0 Å². The second kappa shape index (κ2) is 3.84. The molecule has 4 heteroatoms. The first kappa shape index (κ1) is 12.2. The van der Waals surface area contributed by atoms with Crippen molar-refractivity contribution in [2.75, 3.05) is 0 Å². The lowest BCUT2D eigenvalue weighted by atomic mass is 9.91. The number of aromatic nitrogens is 1. The molecular weight excluding hydrogens is 258 g/mol. The summed E-state index contributed by atoms with van der Waals surface area (Å²) >= 11 is 1.34. The van der Waals surface area contributed by atoms with Gasteiger partial charge in [-0.25, -0.2) is 4.98 Å². The first-order chi connectivity index (χ1) is 8.89. The molecule has 3 nitrogen and oxygen atoms in total. The normalized spacial score (nSPS) is 14.3. The molecule has 1 heterocycles. The van der Waals surface area contributed by atoms with Crippen molar-refractivity contribution in [3.05, 3.63) is 39.7 Å². The van der Waals surface area contributed by atoms with Gasteiger partial charge in [-0.3, -0.25) is 9.59 Å². The van der Waals surface area contributed by atoms with E-state index in [1.165, 1.54) is 11.3 Å². The monoisotopic (exact) mass is 271 g/mol. The Balaban J connectivity index is 2.30. The molecular formula is C15H13NO2S. The van der Waals surface area contributed by atoms with Crippen LogP contribution in [0.25, 0.3) is 11.3 Å². The number of thiazole rings is 1. The van der Waals surface area contributed by atoms with E-state index in [2.05, 4.69) is 25.8 Å². The molecule has 0 radical (unpaired) electrons. The summed E-state index contributed by atoms with van der Waals surface area (Å²) in [6, 6.07) is 7.17. The van der Waals surface area contributed by atoms with E-state index < -0.39 is 11.6 Å². The van der Waals surface area contributed by atoms with Crippen molar-refractivity contribution >= 4 is 22.9 Å². The minimum Gasteiger partial charge on any atom is -0.285 e. The van der Waals surface area contributed by atoms with Crippen LogP contribution in [0.15, 0.2) is 24.3 Å². The van der Waals surface area contributed by atoms with Crippen LogP contribution in [0.2, 0.25) is 0 Å². The Morgan fingerprint density at radius 1 is 1.00 bits per heavy atom. The number of hydrogen-bond donors (Lipinski definition) is 0. The van der Waals surface area contributed by atoms with Gasteiger partial charge in [-0.1, -0.05) is 45.0 Å². The summed E-state index contributed by atoms with van der Waals surface area (Å²) in [5.74, 6) is -0.853. The van der Waals surface area contributed by atoms with Crippen molar-refractivity contribution in [2.45, 2.75) is 26.2 Å². The fourth-order valence-corrected chi connectivity index (χ4v) is 3.16. The first-order valence-corrected chi connectivity index (χ1v) is 6.91. The van der Waals surface area contributed by atoms with Crippen LogP contribution in [0, 0.1) is 0 Å². The van der Waals surface area contributed by atoms with Crippen molar-refractivity contribution in [2.24, 2.45) is 0 Å². The van der Waals surface area contributed by atoms with E-state index in [-0.39, 0.29) is 5.41 Å². The summed E-state index contributed by atoms with van der Waals surface area (Å²) in [5, 5.41) is 0.885. The van der Waals surface area contributed by atoms with Crippen LogP contribution >= 0.6 is 11.3 Å². The molecule has 1 aliphatic carbocycles. The van der Waals surface area contributed by atoms with Crippen LogP contribution in [-0.4, -0.2) is 16.6 Å². The molecule has 0 bridgehead atoms. The van der Waals surface area contributed by atoms with Gasteiger partial charge in [0.1, 0.15) is 4.88 Å². The van der Waals surface area contributed by atoms with Crippen LogP contribution in [0.1, 0.15) is 45.8 Å². The number of hydrogen-bond acceptors (Lipinski definition) is 4. The highest BCUT2D eigenvalue weighted by molar-refractivity contribution is 7.15. The predicted molar refractivity (Wildman–Crippen MR) is 74.9 cm³/mol. The molecule has 1 aromatic heterocycles. The molecule has 0 saturated carbocycles. The maximum absolute atomic E-state index is 12.1. The van der Waals surface area contributed by atoms with Gasteiger partial charge in [0.25, 0.3) is 0 Å². The Kier molecular flexibility index (Phi) is 2.47. The number of Topliss-reactive ketones (excluding diaryl/α,β-unsaturated/α-hetero) is 2. The molecule has 0 aliphatic heterocycles. The number of ketones is 2. The third-order valence-electron chi connectivity index (χ3n) is 3.11. The van der Waals surface area contributed by atoms with Gasteiger partial charge in [0.15, 0.2) is 0 Å². The van der Waals surface area contributed by atoms with Crippen LogP contribution in [0.5, 0.6) is 0 Å². The average molecular weight is 271 g/mol. The smallest absolute Gasteiger partial charge is 0.245 e. The van der Waals surface area contributed by atoms with Gasteiger partial charge < -0.3 is 0 Å². The summed E-state index contributed by atoms with van der Waals surface area (Å²) in [5.41, 5.74) is 1.77. The number of fused-ring (bicyclic) bond motifs is 3. The molecule has 0 N–H and O–H groups in total. The predicted octanol–water partition coefficient (Wildman–Crippen LogP) is 3.49. The first-order valence-electron chi connectivity index (χ1n) is 6.09. The van der Waals surface area contributed by atoms with Gasteiger partial charge >= 0.3 is 0 Å². The van der Waals surface area contributed by atoms with E-state index in [0.29, 0.717) is 16.1 Å². The molecule has 19 heavy (non-hydrogen) atoms. The molecule has 0 saturated heterocycles. The van der Waals surface area contributed by atoms with Crippen molar-refractivity contribution in [1.82, 2.24) is 4.98 Å². The van der Waals surface area contributed by atoms with E-state index in [9.17, 15) is 9.59 Å². The Bertz CT molecular complexity index is 707. The van der Waals surface area contributed by atoms with Gasteiger partial charge in [-0.2, -0.15) is 0 Å². The SMILES string of the molecule is CC(C)(C)c1nc2c(s1)C(=O)C(=O)c1ccccc1-2. The van der Waals surface area contributed by atoms with Gasteiger partial charge in [0.2, 0.25) is 11.6 Å². The van der Waals surface area contributed by atoms with Gasteiger partial charge in [0, 0.05) is 16.5 Å². The van der Waals surface area contributed by atoms with Gasteiger partial charge in [-0.05, 0) is 0 Å². The van der Waals surface area contributed by atoms with Crippen molar-refractivity contribution in [1.29, 1.82) is 0 Å². The highest BCUT2D eigenvalue weighted by atomic mass is 32.1. The van der Waals surface area contributed by atoms with Crippen LogP contribution in [-0.2, 0) is 5.41 Å². The molecule has 96 valence electrons. The zero-order chi connectivity index (χ0) is 13.8. The molecule has 1 aliphatic rings. The summed E-state index contributed by atoms with van der Waals surface area (Å²) in [6.45, 7) is 6.15. The van der Waals surface area contributed by atoms with E-state index in [1.807, 2.05) is 12.1 Å². The molecule has 0 spiro atoms. The molecule has 2 aromatic rings. The van der Waals surface area contributed by atoms with E-state index in [4.69, 9.17) is 0 Å². The number of nitrogens with zero attached hydrogens (tertiary/aromatic N) is 1. The summed E-state index contributed by atoms with van der Waals surface area (Å²) < 4.78 is 0. The highest BCUT2D eigenvalue weighted by Gasteiger charge is 2.35. The molecule has 0 atom stereocenters. The fraction of sp³-hybridized carbons (Fsp3) is 0.267. The Morgan fingerprint density at radius 2 is 1.63 bits per heavy atom. The number of rotatable bonds is 0. The largest absolute Gasteiger partial charge is 0.285 e. The topological polar surface area (TPSA) is 47.0 Å². The number of carbonyl (C=O) groups excluding carboxylic acids is 2. The zero-order valence-electron chi connectivity index (χ0n) is 11.0. The number of benzene rings is 1. The second-order valence-electron chi connectivity index (χ2n) is 5.65. The Hall–Kier alpha value is -1.81. The summed E-state index contributed by atoms with van der Waals surface area (Å²) in [6.07, 6.45) is 0. The molecule has 0 unspecified atom stereocenters. The van der Waals surface area contributed by atoms with E-state index >= 15 is 0 Å². The third kappa shape index (κ3) is 1.75. The van der Waals surface area contributed by atoms with Crippen molar-refractivity contribution < 1.29 is 9.59 Å². The third-order valence-corrected chi connectivity index (χ3v) is 4.59. The lowest BCUT2D eigenvalue weighted by Crippen LogP contribution is -2.19. The van der Waals surface area contributed by atoms with Crippen molar-refractivity contribution in [3.63, 3.8) is 0 Å². The molecule has 0 amide bonds. The van der Waals surface area contributed by atoms with E-state index in [0.717, 1.165) is 10.6 Å². The molecule has 1 aromatic carbocycles. The minimum absolute atomic E-state index is 0.125. The zero-order valence-corrected chi connectivity index (χ0v) is 11.8. The Labute approximate surface area is 115 Å². The Morgan fingerprint density at radius 3 is 2.26 bits per heavy atom. The lowest BCUT2D eigenvalue weighted by molar-refractivity contribution is 0.0817. The maximum Gasteiger partial charge on any atom is 0.245 e. The summed E-state index contributed by atoms with van der Waals surface area (Å²) in [4.78, 5) is 29.3. The molecule has 3 rings (SSSR count). The average Bonchev–Trinajstić information content (AvgIpc) is 2.81. The quantitative estimate of drug-likeness (QED) is 0.689. The minimum atomic E-state index is -0.429. The maximum atomic E-state index is 12.1. The van der Waals surface area contributed by atoms with Crippen molar-refractivity contribution in [3.8, 4) is 11.3 Å². The van der Waals surface area contributed by atoms with E-state index in [1.54, 1.807) is 12.1 Å². The van der Waals surface area contributed by atoms with Crippen LogP contribution in [0.3, 0.4) is 0 Å². The standard InChI is InChI=1S/C15H13NO2S/c1-15(2,3)14-16-10-8-6-4-5-7-9(8)11(17)12(18)13(10)19-14/h4-7H,1-3H3. The fourth-order valence-electron chi connectivity index (χ4n) is 2.09. The summed E-state index contributed by atoms with van der Waals surface area (Å²) in [7, 11) is 0.